The van der Waals surface area contributed by atoms with Crippen LogP contribution in [0.25, 0.3) is 10.9 Å². The summed E-state index contributed by atoms with van der Waals surface area (Å²) in [4.78, 5) is 135. The molecule has 392 valence electrons. The van der Waals surface area contributed by atoms with Gasteiger partial charge in [0.1, 0.15) is 42.3 Å². The Labute approximate surface area is 416 Å². The minimum Gasteiger partial charge on any atom is -0.391 e. The number of H-pyrrole nitrogens is 1. The molecule has 0 aliphatic carbocycles. The second-order valence-corrected chi connectivity index (χ2v) is 17.6. The summed E-state index contributed by atoms with van der Waals surface area (Å²) in [5.74, 6) is -8.08. The Morgan fingerprint density at radius 2 is 1.46 bits per heavy atom. The number of hydrogen-bond donors (Lipinski definition) is 13. The molecule has 0 bridgehead atoms. The van der Waals surface area contributed by atoms with Crippen LogP contribution in [0.2, 0.25) is 0 Å². The Balaban J connectivity index is 1.76. The van der Waals surface area contributed by atoms with E-state index in [1.54, 1.807) is 42.6 Å². The molecule has 2 heterocycles. The van der Waals surface area contributed by atoms with E-state index in [2.05, 4.69) is 52.7 Å². The molecule has 8 atom stereocenters. The van der Waals surface area contributed by atoms with Gasteiger partial charge in [-0.3, -0.25) is 48.1 Å². The maximum Gasteiger partial charge on any atom is 0.327 e. The third-order valence-electron chi connectivity index (χ3n) is 11.7. The molecule has 0 radical (unpaired) electrons. The van der Waals surface area contributed by atoms with Crippen molar-refractivity contribution in [2.45, 2.75) is 140 Å². The van der Waals surface area contributed by atoms with Crippen LogP contribution in [0.4, 0.5) is 0 Å². The Hall–Kier alpha value is -7.60. The molecular formula is C48H69N13O11. The average Bonchev–Trinajstić information content (AvgIpc) is 3.74. The number of amides is 8. The van der Waals surface area contributed by atoms with Crippen molar-refractivity contribution in [1.29, 1.82) is 0 Å². The first kappa shape index (κ1) is 57.0. The molecule has 8 amide bonds. The number of carbonyl (C=O) groups excluding carboxylic acids is 9. The van der Waals surface area contributed by atoms with E-state index in [1.165, 1.54) is 13.8 Å². The maximum atomic E-state index is 14.5. The lowest BCUT2D eigenvalue weighted by molar-refractivity contribution is -0.153. The summed E-state index contributed by atoms with van der Waals surface area (Å²) < 4.78 is 0. The van der Waals surface area contributed by atoms with Gasteiger partial charge in [-0.05, 0) is 62.6 Å². The zero-order valence-corrected chi connectivity index (χ0v) is 40.8. The first-order valence-corrected chi connectivity index (χ1v) is 24.0. The Kier molecular flexibility index (Phi) is 22.9. The van der Waals surface area contributed by atoms with Gasteiger partial charge >= 0.3 is 5.97 Å². The Bertz CT molecular complexity index is 2370. The van der Waals surface area contributed by atoms with Crippen molar-refractivity contribution < 1.29 is 53.1 Å². The molecule has 1 fully saturated rings. The third-order valence-corrected chi connectivity index (χ3v) is 11.7. The smallest absolute Gasteiger partial charge is 0.327 e. The van der Waals surface area contributed by atoms with E-state index >= 15 is 0 Å². The molecule has 1 aliphatic heterocycles. The van der Waals surface area contributed by atoms with E-state index < -0.39 is 108 Å². The molecule has 72 heavy (non-hydrogen) atoms. The van der Waals surface area contributed by atoms with Crippen LogP contribution >= 0.6 is 0 Å². The fourth-order valence-electron chi connectivity index (χ4n) is 7.87. The highest BCUT2D eigenvalue weighted by Crippen LogP contribution is 2.20. The normalized spacial score (nSPS) is 22.2. The molecule has 0 unspecified atom stereocenters. The molecule has 2 aromatic carbocycles. The number of primary amides is 1. The summed E-state index contributed by atoms with van der Waals surface area (Å²) in [6.45, 7) is 4.35. The topological polar surface area (TPSA) is 386 Å². The number of rotatable bonds is 16. The number of benzene rings is 2. The number of nitrogens with zero attached hydrogens (tertiary/aromatic N) is 1. The molecule has 4 rings (SSSR count). The molecule has 0 spiro atoms. The number of para-hydroxylation sites is 1. The fourth-order valence-corrected chi connectivity index (χ4v) is 7.87. The van der Waals surface area contributed by atoms with E-state index in [1.807, 2.05) is 25.1 Å². The molecule has 24 heteroatoms. The monoisotopic (exact) mass is 1000 g/mol. The highest BCUT2D eigenvalue weighted by Gasteiger charge is 2.36. The number of aliphatic hydroxyl groups is 1. The van der Waals surface area contributed by atoms with E-state index in [0.29, 0.717) is 24.0 Å². The van der Waals surface area contributed by atoms with Gasteiger partial charge < -0.3 is 69.3 Å². The van der Waals surface area contributed by atoms with E-state index in [-0.39, 0.29) is 70.4 Å². The molecule has 0 saturated carbocycles. The van der Waals surface area contributed by atoms with Crippen molar-refractivity contribution in [2.75, 3.05) is 13.1 Å². The average molecular weight is 1000 g/mol. The molecule has 3 aromatic rings. The quantitative estimate of drug-likeness (QED) is 0.0424. The van der Waals surface area contributed by atoms with Gasteiger partial charge in [0.15, 0.2) is 5.96 Å². The first-order chi connectivity index (χ1) is 34.4. The SMILES string of the molecule is CCCC[C@H](NC(C)=O)C(=O)N[C@H]1CC(=O)ONCCCC[C@@H](C(N)=O)NC(=O)[C@H](Cc2c[nH]c3ccccc23)NC(=O)[C@H](CCCN=C(N)N)NC(=O)[C@@H](Cc2ccccc2)NC(=O)[C@H]([C@@H](C)O)NC1=O. The number of hydrogen-bond acceptors (Lipinski definition) is 13. The van der Waals surface area contributed by atoms with Crippen molar-refractivity contribution in [2.24, 2.45) is 22.2 Å². The predicted molar refractivity (Wildman–Crippen MR) is 264 cm³/mol. The Morgan fingerprint density at radius 3 is 2.14 bits per heavy atom. The number of nitrogens with two attached hydrogens (primary N) is 3. The first-order valence-electron chi connectivity index (χ1n) is 24.0. The van der Waals surface area contributed by atoms with Gasteiger partial charge in [0.25, 0.3) is 0 Å². The minimum atomic E-state index is -1.79. The second-order valence-electron chi connectivity index (χ2n) is 17.6. The lowest BCUT2D eigenvalue weighted by Crippen LogP contribution is -2.62. The number of nitrogens with one attached hydrogen (secondary N) is 9. The van der Waals surface area contributed by atoms with Gasteiger partial charge in [-0.15, -0.1) is 0 Å². The third kappa shape index (κ3) is 18.6. The van der Waals surface area contributed by atoms with Crippen molar-refractivity contribution >= 4 is 70.1 Å². The number of aliphatic hydroxyl groups excluding tert-OH is 1. The molecule has 1 aromatic heterocycles. The van der Waals surface area contributed by atoms with E-state index in [4.69, 9.17) is 22.0 Å². The minimum absolute atomic E-state index is 0.0278. The van der Waals surface area contributed by atoms with Crippen LogP contribution in [-0.4, -0.2) is 131 Å². The standard InChI is InChI=1S/C48H69N13O11/c1-4-5-17-34(55-28(3)63)42(66)59-38-25-39(64)72-54-22-12-11-19-33(41(49)65)56-45(69)37(24-30-26-53-32-18-10-9-16-31(30)32)58-43(67)35(20-13-21-52-48(50)51)57-44(68)36(23-29-14-7-6-8-15-29)60-47(71)40(27(2)62)61-46(38)70/h6-10,14-16,18,26-27,33-38,40,53-54,62H,4-5,11-13,17,19-25H2,1-3H3,(H2,49,65)(H,55,63)(H,56,69)(H,57,68)(H,58,67)(H,59,66)(H,60,71)(H,61,70)(H4,50,51,52)/t27-,33+,34+,35+,36-,37+,38+,40+/m1/s1. The number of hydroxylamine groups is 1. The van der Waals surface area contributed by atoms with E-state index in [0.717, 1.165) is 10.9 Å². The lowest BCUT2D eigenvalue weighted by atomic mass is 10.0. The van der Waals surface area contributed by atoms with Crippen LogP contribution < -0.4 is 59.9 Å². The van der Waals surface area contributed by atoms with Crippen LogP contribution in [0, 0.1) is 0 Å². The zero-order valence-electron chi connectivity index (χ0n) is 40.8. The van der Waals surface area contributed by atoms with Crippen molar-refractivity contribution in [3.63, 3.8) is 0 Å². The summed E-state index contributed by atoms with van der Waals surface area (Å²) in [7, 11) is 0. The van der Waals surface area contributed by atoms with Gasteiger partial charge in [0.2, 0.25) is 47.3 Å². The molecule has 16 N–H and O–H groups in total. The van der Waals surface area contributed by atoms with Gasteiger partial charge in [-0.25, -0.2) is 0 Å². The summed E-state index contributed by atoms with van der Waals surface area (Å²) >= 11 is 0. The molecular weight excluding hydrogens is 935 g/mol. The number of fused-ring (bicyclic) bond motifs is 1. The lowest BCUT2D eigenvalue weighted by Gasteiger charge is -2.28. The van der Waals surface area contributed by atoms with E-state index in [9.17, 15) is 48.3 Å². The fraction of sp³-hybridized carbons (Fsp3) is 0.500. The summed E-state index contributed by atoms with van der Waals surface area (Å²) in [5.41, 5.74) is 21.3. The number of unbranched alkanes of at least 4 members (excludes halogenated alkanes) is 1. The highest BCUT2D eigenvalue weighted by molar-refractivity contribution is 5.99. The maximum absolute atomic E-state index is 14.5. The van der Waals surface area contributed by atoms with Crippen LogP contribution in [-0.2, 0) is 60.8 Å². The molecule has 24 nitrogen and oxygen atoms in total. The molecule has 1 aliphatic rings. The predicted octanol–water partition coefficient (Wildman–Crippen LogP) is -1.90. The van der Waals surface area contributed by atoms with Crippen molar-refractivity contribution in [3.05, 3.63) is 71.9 Å². The van der Waals surface area contributed by atoms with Crippen LogP contribution in [0.1, 0.15) is 89.7 Å². The van der Waals surface area contributed by atoms with Crippen LogP contribution in [0.15, 0.2) is 65.8 Å². The van der Waals surface area contributed by atoms with Crippen molar-refractivity contribution in [1.82, 2.24) is 47.7 Å². The zero-order chi connectivity index (χ0) is 52.7. The van der Waals surface area contributed by atoms with Gasteiger partial charge in [0.05, 0.1) is 12.5 Å². The largest absolute Gasteiger partial charge is 0.391 e. The van der Waals surface area contributed by atoms with Gasteiger partial charge in [-0.2, -0.15) is 5.48 Å². The Morgan fingerprint density at radius 1 is 0.806 bits per heavy atom. The summed E-state index contributed by atoms with van der Waals surface area (Å²) in [6, 6.07) is 5.76. The van der Waals surface area contributed by atoms with Gasteiger partial charge in [-0.1, -0.05) is 68.3 Å². The number of carbonyl (C=O) groups is 9. The number of aliphatic imine (C=N–C) groups is 1. The second kappa shape index (κ2) is 28.9. The molecule has 1 saturated heterocycles. The summed E-state index contributed by atoms with van der Waals surface area (Å²) in [5, 5.41) is 29.8. The van der Waals surface area contributed by atoms with Gasteiger partial charge in [0, 0.05) is 50.0 Å². The van der Waals surface area contributed by atoms with Crippen molar-refractivity contribution in [3.8, 4) is 0 Å². The van der Waals surface area contributed by atoms with Crippen LogP contribution in [0.3, 0.4) is 0 Å². The number of aromatic amines is 1. The number of guanidine groups is 1. The summed E-state index contributed by atoms with van der Waals surface area (Å²) in [6.07, 6.45) is 1.04. The number of aromatic nitrogens is 1. The highest BCUT2D eigenvalue weighted by atomic mass is 16.7. The van der Waals surface area contributed by atoms with Crippen LogP contribution in [0.5, 0.6) is 0 Å².